The van der Waals surface area contributed by atoms with Crippen molar-refractivity contribution in [1.82, 2.24) is 19.9 Å². The third-order valence-electron chi connectivity index (χ3n) is 7.24. The van der Waals surface area contributed by atoms with Gasteiger partial charge in [0, 0.05) is 68.1 Å². The predicted molar refractivity (Wildman–Crippen MR) is 121 cm³/mol. The number of nitrogens with zero attached hydrogens (tertiary/aromatic N) is 5. The standard InChI is InChI=1S/C24H26FN7/c1-13-28-10-14(11-29-13)5-21-30-19-8-16-17(6-15(25)7-18(16)27-2)22(19)23(31-21)32-4-3-24(12-32)9-20(24)26/h6-7,10-11,20,27H,3-5,8-9,12,26H2,1-2H3/t20-,24+/m0/s1. The van der Waals surface area contributed by atoms with Gasteiger partial charge in [0.05, 0.1) is 5.69 Å². The second-order valence-corrected chi connectivity index (χ2v) is 9.35. The largest absolute Gasteiger partial charge is 0.388 e. The number of rotatable bonds is 4. The molecule has 1 saturated heterocycles. The van der Waals surface area contributed by atoms with Crippen LogP contribution in [0, 0.1) is 18.2 Å². The van der Waals surface area contributed by atoms with Crippen LogP contribution in [0.25, 0.3) is 11.1 Å². The van der Waals surface area contributed by atoms with E-state index in [1.54, 1.807) is 12.1 Å². The average molecular weight is 432 g/mol. The molecule has 164 valence electrons. The Bertz CT molecular complexity index is 1230. The quantitative estimate of drug-likeness (QED) is 0.513. The number of anilines is 2. The highest BCUT2D eigenvalue weighted by molar-refractivity contribution is 5.88. The Morgan fingerprint density at radius 1 is 1.25 bits per heavy atom. The van der Waals surface area contributed by atoms with Crippen LogP contribution in [0.5, 0.6) is 0 Å². The molecule has 0 amide bonds. The molecule has 7 nitrogen and oxygen atoms in total. The van der Waals surface area contributed by atoms with Gasteiger partial charge in [-0.15, -0.1) is 0 Å². The van der Waals surface area contributed by atoms with Gasteiger partial charge in [-0.1, -0.05) is 0 Å². The third kappa shape index (κ3) is 3.04. The molecular formula is C24H26FN7. The maximum Gasteiger partial charge on any atom is 0.140 e. The molecular weight excluding hydrogens is 405 g/mol. The summed E-state index contributed by atoms with van der Waals surface area (Å²) in [6.07, 6.45) is 7.02. The number of aromatic nitrogens is 4. The van der Waals surface area contributed by atoms with E-state index in [4.69, 9.17) is 15.7 Å². The summed E-state index contributed by atoms with van der Waals surface area (Å²) in [5.41, 5.74) is 12.1. The van der Waals surface area contributed by atoms with Crippen LogP contribution in [0.15, 0.2) is 24.5 Å². The number of fused-ring (bicyclic) bond motifs is 3. The molecule has 1 aromatic carbocycles. The van der Waals surface area contributed by atoms with Crippen LogP contribution >= 0.6 is 0 Å². The molecule has 1 saturated carbocycles. The second-order valence-electron chi connectivity index (χ2n) is 9.35. The van der Waals surface area contributed by atoms with Crippen LogP contribution < -0.4 is 16.0 Å². The van der Waals surface area contributed by atoms with Crippen molar-refractivity contribution in [2.45, 2.75) is 38.6 Å². The monoisotopic (exact) mass is 431 g/mol. The lowest BCUT2D eigenvalue weighted by Crippen LogP contribution is -2.25. The molecule has 1 spiro atoms. The number of hydrogen-bond acceptors (Lipinski definition) is 7. The first-order chi connectivity index (χ1) is 15.5. The van der Waals surface area contributed by atoms with E-state index in [2.05, 4.69) is 20.2 Å². The van der Waals surface area contributed by atoms with Crippen LogP contribution in [0.2, 0.25) is 0 Å². The summed E-state index contributed by atoms with van der Waals surface area (Å²) in [7, 11) is 1.83. The Labute approximate surface area is 186 Å². The minimum atomic E-state index is -0.255. The summed E-state index contributed by atoms with van der Waals surface area (Å²) in [5, 5.41) is 3.15. The van der Waals surface area contributed by atoms with E-state index in [9.17, 15) is 4.39 Å². The maximum atomic E-state index is 14.5. The first-order valence-corrected chi connectivity index (χ1v) is 11.1. The lowest BCUT2D eigenvalue weighted by atomic mass is 10.0. The van der Waals surface area contributed by atoms with Gasteiger partial charge in [0.2, 0.25) is 0 Å². The van der Waals surface area contributed by atoms with Gasteiger partial charge in [-0.05, 0) is 48.6 Å². The molecule has 3 aromatic rings. The molecule has 2 fully saturated rings. The number of benzene rings is 1. The zero-order chi connectivity index (χ0) is 22.0. The number of aryl methyl sites for hydroxylation is 1. The molecule has 6 rings (SSSR count). The van der Waals surface area contributed by atoms with Crippen LogP contribution in [-0.2, 0) is 12.8 Å². The van der Waals surface area contributed by atoms with E-state index in [1.807, 2.05) is 26.4 Å². The molecule has 3 heterocycles. The van der Waals surface area contributed by atoms with Crippen molar-refractivity contribution in [3.8, 4) is 11.1 Å². The number of halogens is 1. The molecule has 2 atom stereocenters. The maximum absolute atomic E-state index is 14.5. The number of hydrogen-bond donors (Lipinski definition) is 2. The Balaban J connectivity index is 1.46. The predicted octanol–water partition coefficient (Wildman–Crippen LogP) is 2.85. The lowest BCUT2D eigenvalue weighted by molar-refractivity contribution is 0.553. The second kappa shape index (κ2) is 6.93. The molecule has 0 radical (unpaired) electrons. The van der Waals surface area contributed by atoms with E-state index in [1.165, 1.54) is 0 Å². The van der Waals surface area contributed by atoms with Gasteiger partial charge < -0.3 is 16.0 Å². The molecule has 0 bridgehead atoms. The minimum absolute atomic E-state index is 0.211. The normalized spacial score (nSPS) is 22.9. The van der Waals surface area contributed by atoms with Gasteiger partial charge in [-0.2, -0.15) is 0 Å². The first kappa shape index (κ1) is 19.5. The molecule has 1 aliphatic heterocycles. The van der Waals surface area contributed by atoms with E-state index in [-0.39, 0.29) is 17.3 Å². The topological polar surface area (TPSA) is 92.8 Å². The zero-order valence-corrected chi connectivity index (χ0v) is 18.3. The van der Waals surface area contributed by atoms with Crippen LogP contribution in [0.1, 0.15) is 41.3 Å². The molecule has 3 aliphatic rings. The summed E-state index contributed by atoms with van der Waals surface area (Å²) in [6.45, 7) is 3.68. The van der Waals surface area contributed by atoms with Crippen molar-refractivity contribution in [3.05, 3.63) is 58.8 Å². The Morgan fingerprint density at radius 3 is 2.72 bits per heavy atom. The van der Waals surface area contributed by atoms with E-state index < -0.39 is 0 Å². The van der Waals surface area contributed by atoms with E-state index >= 15 is 0 Å². The smallest absolute Gasteiger partial charge is 0.140 e. The summed E-state index contributed by atoms with van der Waals surface area (Å²) >= 11 is 0. The highest BCUT2D eigenvalue weighted by Gasteiger charge is 2.56. The van der Waals surface area contributed by atoms with Gasteiger partial charge in [0.25, 0.3) is 0 Å². The van der Waals surface area contributed by atoms with Crippen LogP contribution in [0.3, 0.4) is 0 Å². The SMILES string of the molecule is CNc1cc(F)cc2c1Cc1nc(Cc3cnc(C)nc3)nc(N3CC[C@@]4(C[C@@H]4N)C3)c1-2. The van der Waals surface area contributed by atoms with Crippen molar-refractivity contribution in [3.63, 3.8) is 0 Å². The van der Waals surface area contributed by atoms with Crippen molar-refractivity contribution in [2.75, 3.05) is 30.4 Å². The average Bonchev–Trinajstić information content (AvgIpc) is 3.10. The zero-order valence-electron chi connectivity index (χ0n) is 18.3. The van der Waals surface area contributed by atoms with E-state index in [0.717, 1.165) is 77.0 Å². The fourth-order valence-corrected chi connectivity index (χ4v) is 5.31. The fraction of sp³-hybridized carbons (Fsp3) is 0.417. The van der Waals surface area contributed by atoms with Crippen molar-refractivity contribution in [1.29, 1.82) is 0 Å². The van der Waals surface area contributed by atoms with Crippen molar-refractivity contribution in [2.24, 2.45) is 11.1 Å². The number of nitrogens with one attached hydrogen (secondary N) is 1. The molecule has 8 heteroatoms. The molecule has 2 aliphatic carbocycles. The van der Waals surface area contributed by atoms with Gasteiger partial charge in [-0.3, -0.25) is 0 Å². The summed E-state index contributed by atoms with van der Waals surface area (Å²) in [6, 6.07) is 3.44. The Kier molecular flexibility index (Phi) is 4.24. The number of nitrogens with two attached hydrogens (primary N) is 1. The third-order valence-corrected chi connectivity index (χ3v) is 7.24. The van der Waals surface area contributed by atoms with E-state index in [0.29, 0.717) is 12.8 Å². The van der Waals surface area contributed by atoms with Gasteiger partial charge in [0.15, 0.2) is 0 Å². The molecule has 32 heavy (non-hydrogen) atoms. The molecule has 0 unspecified atom stereocenters. The van der Waals surface area contributed by atoms with Gasteiger partial charge >= 0.3 is 0 Å². The van der Waals surface area contributed by atoms with Crippen LogP contribution in [0.4, 0.5) is 15.9 Å². The minimum Gasteiger partial charge on any atom is -0.388 e. The van der Waals surface area contributed by atoms with Gasteiger partial charge in [-0.25, -0.2) is 24.3 Å². The molecule has 2 aromatic heterocycles. The van der Waals surface area contributed by atoms with Crippen molar-refractivity contribution < 1.29 is 4.39 Å². The highest BCUT2D eigenvalue weighted by atomic mass is 19.1. The summed E-state index contributed by atoms with van der Waals surface area (Å²) in [4.78, 5) is 20.9. The van der Waals surface area contributed by atoms with Crippen LogP contribution in [-0.4, -0.2) is 46.1 Å². The highest BCUT2D eigenvalue weighted by Crippen LogP contribution is 2.54. The molecule has 3 N–H and O–H groups in total. The fourth-order valence-electron chi connectivity index (χ4n) is 5.31. The van der Waals surface area contributed by atoms with Gasteiger partial charge in [0.1, 0.15) is 23.3 Å². The summed E-state index contributed by atoms with van der Waals surface area (Å²) < 4.78 is 14.5. The first-order valence-electron chi connectivity index (χ1n) is 11.1. The summed E-state index contributed by atoms with van der Waals surface area (Å²) in [5.74, 6) is 2.13. The Hall–Kier alpha value is -3.13. The lowest BCUT2D eigenvalue weighted by Gasteiger charge is -2.22. The van der Waals surface area contributed by atoms with Crippen molar-refractivity contribution >= 4 is 11.5 Å². The Morgan fingerprint density at radius 2 is 2.03 bits per heavy atom.